The summed E-state index contributed by atoms with van der Waals surface area (Å²) >= 11 is 0. The Hall–Kier alpha value is -5.28. The molecule has 6 aromatic carbocycles. The number of rotatable bonds is 4. The quantitative estimate of drug-likeness (QED) is 0.168. The van der Waals surface area contributed by atoms with Gasteiger partial charge in [0.2, 0.25) is 0 Å². The van der Waals surface area contributed by atoms with Gasteiger partial charge in [0.1, 0.15) is 0 Å². The highest BCUT2D eigenvalue weighted by Crippen LogP contribution is 2.55. The van der Waals surface area contributed by atoms with E-state index in [1.54, 1.807) is 5.57 Å². The zero-order valence-corrected chi connectivity index (χ0v) is 32.5. The SMILES string of the molecule is CC1(C)C2=C(C=CCC2)c2ccc(-c3c4cc(N5CCCCC5)ccc4c(N4c5ccccc5Cc5ccccc54)c4cc(N5CCCCC5)ccc34)cc21. The van der Waals surface area contributed by atoms with Crippen molar-refractivity contribution in [2.24, 2.45) is 0 Å². The van der Waals surface area contributed by atoms with Crippen molar-refractivity contribution >= 4 is 55.6 Å². The van der Waals surface area contributed by atoms with Crippen LogP contribution in [0, 0.1) is 0 Å². The first-order valence-electron chi connectivity index (χ1n) is 21.1. The molecular formula is C52H51N3. The zero-order valence-electron chi connectivity index (χ0n) is 32.5. The Morgan fingerprint density at radius 2 is 1.18 bits per heavy atom. The lowest BCUT2D eigenvalue weighted by Gasteiger charge is -2.36. The second kappa shape index (κ2) is 12.9. The maximum atomic E-state index is 2.64. The van der Waals surface area contributed by atoms with Crippen molar-refractivity contribution in [2.75, 3.05) is 40.9 Å². The third-order valence-corrected chi connectivity index (χ3v) is 13.8. The van der Waals surface area contributed by atoms with Crippen LogP contribution in [0.25, 0.3) is 38.2 Å². The van der Waals surface area contributed by atoms with Crippen LogP contribution >= 0.6 is 0 Å². The van der Waals surface area contributed by atoms with E-state index in [9.17, 15) is 0 Å². The Bertz CT molecular complexity index is 2530. The molecule has 0 radical (unpaired) electrons. The molecule has 5 aliphatic rings. The first kappa shape index (κ1) is 33.1. The van der Waals surface area contributed by atoms with Crippen molar-refractivity contribution in [3.8, 4) is 11.1 Å². The molecule has 0 unspecified atom stereocenters. The predicted molar refractivity (Wildman–Crippen MR) is 235 cm³/mol. The molecule has 6 aromatic rings. The summed E-state index contributed by atoms with van der Waals surface area (Å²) < 4.78 is 0. The van der Waals surface area contributed by atoms with E-state index in [4.69, 9.17) is 0 Å². The van der Waals surface area contributed by atoms with Gasteiger partial charge in [-0.3, -0.25) is 0 Å². The molecular weight excluding hydrogens is 667 g/mol. The monoisotopic (exact) mass is 717 g/mol. The predicted octanol–water partition coefficient (Wildman–Crippen LogP) is 13.4. The molecule has 2 fully saturated rings. The minimum atomic E-state index is 0.0125. The number of hydrogen-bond donors (Lipinski definition) is 0. The van der Waals surface area contributed by atoms with Gasteiger partial charge >= 0.3 is 0 Å². The molecule has 0 N–H and O–H groups in total. The molecule has 2 saturated heterocycles. The molecule has 274 valence electrons. The van der Waals surface area contributed by atoms with Gasteiger partial charge in [0.25, 0.3) is 0 Å². The van der Waals surface area contributed by atoms with Gasteiger partial charge < -0.3 is 14.7 Å². The molecule has 0 aromatic heterocycles. The normalized spacial score (nSPS) is 18.8. The Labute approximate surface area is 326 Å². The highest BCUT2D eigenvalue weighted by Gasteiger charge is 2.38. The maximum Gasteiger partial charge on any atom is 0.0619 e. The van der Waals surface area contributed by atoms with Crippen molar-refractivity contribution in [3.05, 3.63) is 143 Å². The second-order valence-corrected chi connectivity index (χ2v) is 17.3. The fraction of sp³-hybridized carbons (Fsp3) is 0.308. The zero-order chi connectivity index (χ0) is 36.7. The first-order valence-corrected chi connectivity index (χ1v) is 21.1. The van der Waals surface area contributed by atoms with Crippen LogP contribution in [0.2, 0.25) is 0 Å². The Morgan fingerprint density at radius 3 is 1.85 bits per heavy atom. The molecule has 0 spiro atoms. The number of piperidine rings is 2. The number of benzene rings is 6. The molecule has 11 rings (SSSR count). The highest BCUT2D eigenvalue weighted by molar-refractivity contribution is 6.23. The molecule has 3 heteroatoms. The van der Waals surface area contributed by atoms with Gasteiger partial charge in [-0.25, -0.2) is 0 Å². The summed E-state index contributed by atoms with van der Waals surface area (Å²) in [6.07, 6.45) is 15.7. The van der Waals surface area contributed by atoms with E-state index in [2.05, 4.69) is 144 Å². The minimum Gasteiger partial charge on any atom is -0.372 e. The molecule has 2 aliphatic carbocycles. The molecule has 3 nitrogen and oxygen atoms in total. The van der Waals surface area contributed by atoms with Crippen LogP contribution in [0.3, 0.4) is 0 Å². The topological polar surface area (TPSA) is 9.72 Å². The summed E-state index contributed by atoms with van der Waals surface area (Å²) in [5, 5.41) is 5.35. The van der Waals surface area contributed by atoms with Crippen LogP contribution in [-0.2, 0) is 11.8 Å². The number of hydrogen-bond acceptors (Lipinski definition) is 3. The number of para-hydroxylation sites is 2. The van der Waals surface area contributed by atoms with Gasteiger partial charge in [0, 0.05) is 71.5 Å². The smallest absolute Gasteiger partial charge is 0.0619 e. The fourth-order valence-electron chi connectivity index (χ4n) is 10.9. The Balaban J connectivity index is 1.24. The van der Waals surface area contributed by atoms with Crippen molar-refractivity contribution in [2.45, 2.75) is 77.0 Å². The van der Waals surface area contributed by atoms with Crippen molar-refractivity contribution in [1.29, 1.82) is 0 Å². The minimum absolute atomic E-state index is 0.0125. The standard InChI is InChI=1S/C52H51N3/c1-52(2)46-18-8-7-17-40(46)41-24-21-37(32-47(41)52)50-42-25-22-39(54-29-13-4-14-30-54)34-45(42)51(43-26-23-38(33-44(43)50)53-27-11-3-12-28-53)55-48-19-9-5-15-35(48)31-36-16-6-10-20-49(36)55/h5-7,9-10,15-17,19-26,32-34H,3-4,8,11-14,18,27-31H2,1-2H3. The summed E-state index contributed by atoms with van der Waals surface area (Å²) in [6, 6.07) is 40.6. The van der Waals surface area contributed by atoms with Gasteiger partial charge in [-0.05, 0) is 144 Å². The van der Waals surface area contributed by atoms with E-state index in [-0.39, 0.29) is 5.41 Å². The van der Waals surface area contributed by atoms with E-state index < -0.39 is 0 Å². The van der Waals surface area contributed by atoms with E-state index in [0.717, 1.165) is 45.4 Å². The highest BCUT2D eigenvalue weighted by atomic mass is 15.2. The molecule has 3 heterocycles. The van der Waals surface area contributed by atoms with Gasteiger partial charge in [-0.1, -0.05) is 92.2 Å². The molecule has 0 bridgehead atoms. The Kier molecular flexibility index (Phi) is 7.76. The lowest BCUT2D eigenvalue weighted by Crippen LogP contribution is -2.29. The molecule has 55 heavy (non-hydrogen) atoms. The first-order chi connectivity index (χ1) is 27.0. The van der Waals surface area contributed by atoms with Crippen LogP contribution in [0.1, 0.15) is 87.5 Å². The van der Waals surface area contributed by atoms with Crippen molar-refractivity contribution in [1.82, 2.24) is 0 Å². The number of anilines is 5. The Morgan fingerprint density at radius 1 is 0.564 bits per heavy atom. The average molecular weight is 718 g/mol. The molecule has 0 saturated carbocycles. The summed E-state index contributed by atoms with van der Waals surface area (Å²) in [6.45, 7) is 9.43. The average Bonchev–Trinajstić information content (AvgIpc) is 3.47. The van der Waals surface area contributed by atoms with Gasteiger partial charge in [-0.2, -0.15) is 0 Å². The summed E-state index contributed by atoms with van der Waals surface area (Å²) in [5.74, 6) is 0. The van der Waals surface area contributed by atoms with Gasteiger partial charge in [0.15, 0.2) is 0 Å². The third-order valence-electron chi connectivity index (χ3n) is 13.8. The van der Waals surface area contributed by atoms with E-state index >= 15 is 0 Å². The van der Waals surface area contributed by atoms with E-state index in [0.29, 0.717) is 0 Å². The third kappa shape index (κ3) is 5.22. The van der Waals surface area contributed by atoms with Crippen LogP contribution < -0.4 is 14.7 Å². The van der Waals surface area contributed by atoms with Crippen molar-refractivity contribution in [3.63, 3.8) is 0 Å². The number of allylic oxidation sites excluding steroid dienone is 4. The summed E-state index contributed by atoms with van der Waals surface area (Å²) in [4.78, 5) is 7.90. The second-order valence-electron chi connectivity index (χ2n) is 17.3. The van der Waals surface area contributed by atoms with Crippen LogP contribution in [-0.4, -0.2) is 26.2 Å². The van der Waals surface area contributed by atoms with Crippen LogP contribution in [0.15, 0.2) is 121 Å². The molecule has 0 atom stereocenters. The van der Waals surface area contributed by atoms with E-state index in [1.807, 2.05) is 0 Å². The molecule has 3 aliphatic heterocycles. The lowest BCUT2D eigenvalue weighted by molar-refractivity contribution is 0.578. The van der Waals surface area contributed by atoms with Crippen LogP contribution in [0.5, 0.6) is 0 Å². The van der Waals surface area contributed by atoms with Gasteiger partial charge in [0.05, 0.1) is 5.69 Å². The maximum absolute atomic E-state index is 2.64. The van der Waals surface area contributed by atoms with Crippen LogP contribution in [0.4, 0.5) is 28.4 Å². The van der Waals surface area contributed by atoms with Gasteiger partial charge in [-0.15, -0.1) is 0 Å². The fourth-order valence-corrected chi connectivity index (χ4v) is 10.9. The number of nitrogens with zero attached hydrogens (tertiary/aromatic N) is 3. The molecule has 0 amide bonds. The lowest BCUT2D eigenvalue weighted by atomic mass is 9.77. The van der Waals surface area contributed by atoms with Crippen molar-refractivity contribution < 1.29 is 0 Å². The van der Waals surface area contributed by atoms with E-state index in [1.165, 1.54) is 127 Å². The number of fused-ring (bicyclic) bond motifs is 6. The summed E-state index contributed by atoms with van der Waals surface area (Å²) in [5.41, 5.74) is 18.0. The summed E-state index contributed by atoms with van der Waals surface area (Å²) in [7, 11) is 0. The largest absolute Gasteiger partial charge is 0.372 e.